The van der Waals surface area contributed by atoms with Crippen molar-refractivity contribution in [2.45, 2.75) is 32.7 Å². The average molecular weight is 223 g/mol. The van der Waals surface area contributed by atoms with Crippen LogP contribution in [-0.2, 0) is 11.2 Å². The number of rotatable bonds is 2. The number of aryl methyl sites for hydroxylation is 2. The molecule has 1 aliphatic rings. The minimum Gasteiger partial charge on any atom is -0.361 e. The number of aromatic nitrogens is 1. The van der Waals surface area contributed by atoms with E-state index in [-0.39, 0.29) is 11.9 Å². The Morgan fingerprint density at radius 3 is 2.88 bits per heavy atom. The van der Waals surface area contributed by atoms with Gasteiger partial charge in [-0.25, -0.2) is 0 Å². The molecule has 0 aromatic carbocycles. The van der Waals surface area contributed by atoms with Crippen LogP contribution in [0.15, 0.2) is 4.52 Å². The fourth-order valence-corrected chi connectivity index (χ4v) is 2.03. The lowest BCUT2D eigenvalue weighted by Crippen LogP contribution is -2.33. The maximum Gasteiger partial charge on any atom is 0.227 e. The van der Waals surface area contributed by atoms with Crippen molar-refractivity contribution in [1.82, 2.24) is 10.1 Å². The third kappa shape index (κ3) is 2.09. The lowest BCUT2D eigenvalue weighted by molar-refractivity contribution is -0.129. The summed E-state index contributed by atoms with van der Waals surface area (Å²) in [7, 11) is 0. The van der Waals surface area contributed by atoms with Crippen molar-refractivity contribution >= 4 is 5.91 Å². The molecule has 1 aliphatic heterocycles. The van der Waals surface area contributed by atoms with Gasteiger partial charge in [0.25, 0.3) is 0 Å². The van der Waals surface area contributed by atoms with Crippen LogP contribution in [0.5, 0.6) is 0 Å². The predicted octanol–water partition coefficient (Wildman–Crippen LogP) is 0.394. The van der Waals surface area contributed by atoms with E-state index in [1.165, 1.54) is 0 Å². The number of hydrogen-bond acceptors (Lipinski definition) is 4. The second kappa shape index (κ2) is 4.25. The van der Waals surface area contributed by atoms with Crippen molar-refractivity contribution in [2.24, 2.45) is 5.73 Å². The minimum absolute atomic E-state index is 0.113. The SMILES string of the molecule is Cc1noc(C)c1CC(=O)N1CCC(N)C1. The van der Waals surface area contributed by atoms with Gasteiger partial charge in [-0.05, 0) is 20.3 Å². The lowest BCUT2D eigenvalue weighted by atomic mass is 10.1. The van der Waals surface area contributed by atoms with Gasteiger partial charge >= 0.3 is 0 Å². The molecule has 1 saturated heterocycles. The Hall–Kier alpha value is -1.36. The van der Waals surface area contributed by atoms with E-state index in [1.807, 2.05) is 18.7 Å². The first-order chi connectivity index (χ1) is 7.58. The Morgan fingerprint density at radius 1 is 1.62 bits per heavy atom. The number of hydrogen-bond donors (Lipinski definition) is 1. The molecule has 1 amide bonds. The third-order valence-corrected chi connectivity index (χ3v) is 3.09. The van der Waals surface area contributed by atoms with E-state index in [2.05, 4.69) is 5.16 Å². The molecule has 1 fully saturated rings. The fourth-order valence-electron chi connectivity index (χ4n) is 2.03. The Bertz CT molecular complexity index is 380. The molecule has 5 nitrogen and oxygen atoms in total. The van der Waals surface area contributed by atoms with Crippen LogP contribution in [0.3, 0.4) is 0 Å². The van der Waals surface area contributed by atoms with Crippen LogP contribution < -0.4 is 5.73 Å². The molecule has 0 radical (unpaired) electrons. The summed E-state index contributed by atoms with van der Waals surface area (Å²) in [5.74, 6) is 0.844. The third-order valence-electron chi connectivity index (χ3n) is 3.09. The summed E-state index contributed by atoms with van der Waals surface area (Å²) in [6.45, 7) is 5.12. The molecule has 1 aromatic heterocycles. The van der Waals surface area contributed by atoms with Gasteiger partial charge in [0.1, 0.15) is 5.76 Å². The van der Waals surface area contributed by atoms with Gasteiger partial charge in [0, 0.05) is 24.7 Å². The van der Waals surface area contributed by atoms with Crippen molar-refractivity contribution < 1.29 is 9.32 Å². The first kappa shape index (κ1) is 11.1. The summed E-state index contributed by atoms with van der Waals surface area (Å²) in [5.41, 5.74) is 7.48. The normalized spacial score (nSPS) is 20.4. The molecule has 5 heteroatoms. The molecule has 0 spiro atoms. The van der Waals surface area contributed by atoms with E-state index in [4.69, 9.17) is 10.3 Å². The summed E-state index contributed by atoms with van der Waals surface area (Å²) >= 11 is 0. The summed E-state index contributed by atoms with van der Waals surface area (Å²) < 4.78 is 5.03. The van der Waals surface area contributed by atoms with Gasteiger partial charge in [-0.2, -0.15) is 0 Å². The predicted molar refractivity (Wildman–Crippen MR) is 58.9 cm³/mol. The maximum absolute atomic E-state index is 12.0. The molecule has 1 unspecified atom stereocenters. The zero-order valence-electron chi connectivity index (χ0n) is 9.69. The van der Waals surface area contributed by atoms with E-state index < -0.39 is 0 Å². The van der Waals surface area contributed by atoms with Gasteiger partial charge in [-0.1, -0.05) is 5.16 Å². The number of carbonyl (C=O) groups is 1. The molecule has 88 valence electrons. The highest BCUT2D eigenvalue weighted by Gasteiger charge is 2.25. The first-order valence-electron chi connectivity index (χ1n) is 5.53. The van der Waals surface area contributed by atoms with Gasteiger partial charge in [0.2, 0.25) is 5.91 Å². The van der Waals surface area contributed by atoms with Crippen LogP contribution in [-0.4, -0.2) is 35.1 Å². The fraction of sp³-hybridized carbons (Fsp3) is 0.636. The smallest absolute Gasteiger partial charge is 0.227 e. The molecule has 0 saturated carbocycles. The average Bonchev–Trinajstić information content (AvgIpc) is 2.79. The van der Waals surface area contributed by atoms with Gasteiger partial charge < -0.3 is 15.2 Å². The molecule has 1 atom stereocenters. The molecular formula is C11H17N3O2. The zero-order valence-corrected chi connectivity index (χ0v) is 9.69. The van der Waals surface area contributed by atoms with Crippen molar-refractivity contribution in [3.63, 3.8) is 0 Å². The number of carbonyl (C=O) groups excluding carboxylic acids is 1. The quantitative estimate of drug-likeness (QED) is 0.787. The summed E-state index contributed by atoms with van der Waals surface area (Å²) in [6.07, 6.45) is 1.27. The largest absolute Gasteiger partial charge is 0.361 e. The maximum atomic E-state index is 12.0. The highest BCUT2D eigenvalue weighted by molar-refractivity contribution is 5.79. The number of likely N-dealkylation sites (tertiary alicyclic amines) is 1. The molecule has 1 aromatic rings. The van der Waals surface area contributed by atoms with Crippen molar-refractivity contribution in [1.29, 1.82) is 0 Å². The summed E-state index contributed by atoms with van der Waals surface area (Å²) in [5, 5.41) is 3.84. The Balaban J connectivity index is 2.02. The van der Waals surface area contributed by atoms with Crippen LogP contribution in [0.2, 0.25) is 0 Å². The Kier molecular flexibility index (Phi) is 2.96. The van der Waals surface area contributed by atoms with Crippen LogP contribution in [0.4, 0.5) is 0 Å². The molecule has 2 N–H and O–H groups in total. The van der Waals surface area contributed by atoms with Gasteiger partial charge in [0.05, 0.1) is 12.1 Å². The molecule has 0 bridgehead atoms. The highest BCUT2D eigenvalue weighted by Crippen LogP contribution is 2.16. The number of nitrogens with two attached hydrogens (primary N) is 1. The second-order valence-electron chi connectivity index (χ2n) is 4.37. The van der Waals surface area contributed by atoms with E-state index in [1.54, 1.807) is 0 Å². The number of amides is 1. The summed E-state index contributed by atoms with van der Waals surface area (Å²) in [6, 6.07) is 0.133. The van der Waals surface area contributed by atoms with Crippen LogP contribution >= 0.6 is 0 Å². The molecule has 16 heavy (non-hydrogen) atoms. The van der Waals surface area contributed by atoms with Gasteiger partial charge in [-0.15, -0.1) is 0 Å². The lowest BCUT2D eigenvalue weighted by Gasteiger charge is -2.15. The molecular weight excluding hydrogens is 206 g/mol. The highest BCUT2D eigenvalue weighted by atomic mass is 16.5. The van der Waals surface area contributed by atoms with Gasteiger partial charge in [0.15, 0.2) is 0 Å². The van der Waals surface area contributed by atoms with E-state index in [9.17, 15) is 4.79 Å². The first-order valence-corrected chi connectivity index (χ1v) is 5.53. The van der Waals surface area contributed by atoms with Gasteiger partial charge in [-0.3, -0.25) is 4.79 Å². The molecule has 2 heterocycles. The summed E-state index contributed by atoms with van der Waals surface area (Å²) in [4.78, 5) is 13.8. The zero-order chi connectivity index (χ0) is 11.7. The standard InChI is InChI=1S/C11H17N3O2/c1-7-10(8(2)16-13-7)5-11(15)14-4-3-9(12)6-14/h9H,3-6,12H2,1-2H3. The number of nitrogens with zero attached hydrogens (tertiary/aromatic N) is 2. The molecule has 0 aliphatic carbocycles. The van der Waals surface area contributed by atoms with Crippen molar-refractivity contribution in [3.05, 3.63) is 17.0 Å². The van der Waals surface area contributed by atoms with Crippen LogP contribution in [0.25, 0.3) is 0 Å². The Labute approximate surface area is 94.6 Å². The van der Waals surface area contributed by atoms with Crippen LogP contribution in [0, 0.1) is 13.8 Å². The van der Waals surface area contributed by atoms with E-state index in [0.717, 1.165) is 30.0 Å². The second-order valence-corrected chi connectivity index (χ2v) is 4.37. The minimum atomic E-state index is 0.113. The van der Waals surface area contributed by atoms with Crippen LogP contribution in [0.1, 0.15) is 23.4 Å². The van der Waals surface area contributed by atoms with Crippen molar-refractivity contribution in [3.8, 4) is 0 Å². The Morgan fingerprint density at radius 2 is 2.38 bits per heavy atom. The van der Waals surface area contributed by atoms with Crippen molar-refractivity contribution in [2.75, 3.05) is 13.1 Å². The van der Waals surface area contributed by atoms with E-state index >= 15 is 0 Å². The molecule has 2 rings (SSSR count). The van der Waals surface area contributed by atoms with E-state index in [0.29, 0.717) is 13.0 Å². The monoisotopic (exact) mass is 223 g/mol. The topological polar surface area (TPSA) is 72.4 Å².